The Bertz CT molecular complexity index is 968. The summed E-state index contributed by atoms with van der Waals surface area (Å²) in [5.74, 6) is -2.67. The van der Waals surface area contributed by atoms with E-state index in [9.17, 15) is 23.9 Å². The van der Waals surface area contributed by atoms with Gasteiger partial charge >= 0.3 is 5.97 Å². The summed E-state index contributed by atoms with van der Waals surface area (Å²) < 4.78 is 15.7. The Labute approximate surface area is 159 Å². The fraction of sp³-hybridized carbons (Fsp3) is 0.421. The van der Waals surface area contributed by atoms with Crippen molar-refractivity contribution in [3.05, 3.63) is 45.0 Å². The summed E-state index contributed by atoms with van der Waals surface area (Å²) in [6, 6.07) is 1.44. The lowest BCUT2D eigenvalue weighted by molar-refractivity contribution is -0.139. The number of rotatable bonds is 7. The third-order valence-electron chi connectivity index (χ3n) is 4.71. The van der Waals surface area contributed by atoms with Gasteiger partial charge in [-0.3, -0.25) is 9.59 Å². The van der Waals surface area contributed by atoms with Crippen LogP contribution in [0.25, 0.3) is 10.9 Å². The van der Waals surface area contributed by atoms with Crippen LogP contribution in [0.1, 0.15) is 55.4 Å². The molecule has 1 heterocycles. The van der Waals surface area contributed by atoms with Crippen molar-refractivity contribution < 1.29 is 19.1 Å². The summed E-state index contributed by atoms with van der Waals surface area (Å²) in [6.45, 7) is 1.91. The third-order valence-corrected chi connectivity index (χ3v) is 5.00. The highest BCUT2D eigenvalue weighted by Gasteiger charge is 2.28. The predicted molar refractivity (Wildman–Crippen MR) is 99.9 cm³/mol. The van der Waals surface area contributed by atoms with Crippen molar-refractivity contribution in [2.75, 3.05) is 0 Å². The second-order valence-corrected chi connectivity index (χ2v) is 7.21. The molecule has 2 N–H and O–H groups in total. The summed E-state index contributed by atoms with van der Waals surface area (Å²) in [6.07, 6.45) is 4.86. The van der Waals surface area contributed by atoms with Gasteiger partial charge in [0.2, 0.25) is 5.43 Å². The maximum Gasteiger partial charge on any atom is 0.326 e. The normalized spacial score (nSPS) is 14.9. The highest BCUT2D eigenvalue weighted by Crippen LogP contribution is 2.37. The van der Waals surface area contributed by atoms with Gasteiger partial charge in [-0.2, -0.15) is 0 Å². The molecule has 0 aliphatic heterocycles. The van der Waals surface area contributed by atoms with Crippen molar-refractivity contribution in [3.8, 4) is 0 Å². The van der Waals surface area contributed by atoms with Crippen LogP contribution in [0.5, 0.6) is 0 Å². The largest absolute Gasteiger partial charge is 0.480 e. The molecule has 1 amide bonds. The zero-order chi connectivity index (χ0) is 19.7. The van der Waals surface area contributed by atoms with E-state index in [0.29, 0.717) is 11.9 Å². The number of hydrogen-bond donors (Lipinski definition) is 2. The van der Waals surface area contributed by atoms with E-state index in [1.165, 1.54) is 12.3 Å². The number of nitrogens with one attached hydrogen (secondary N) is 1. The van der Waals surface area contributed by atoms with Gasteiger partial charge in [-0.25, -0.2) is 9.18 Å². The number of nitrogens with zero attached hydrogens (tertiary/aromatic N) is 1. The summed E-state index contributed by atoms with van der Waals surface area (Å²) in [5.41, 5.74) is -0.375. The standard InChI is InChI=1S/C19H20ClFN2O4/c1-2-3-4-15(19(26)27)22-18(25)12-9-23(10-5-6-10)16-8-13(20)14(21)7-11(16)17(12)24/h7-10,15H,2-6H2,1H3,(H,22,25)(H,26,27). The first-order chi connectivity index (χ1) is 12.8. The molecule has 6 nitrogen and oxygen atoms in total. The van der Waals surface area contributed by atoms with E-state index >= 15 is 0 Å². The maximum atomic E-state index is 13.9. The topological polar surface area (TPSA) is 88.4 Å². The first-order valence-electron chi connectivity index (χ1n) is 8.91. The van der Waals surface area contributed by atoms with E-state index in [2.05, 4.69) is 5.32 Å². The summed E-state index contributed by atoms with van der Waals surface area (Å²) in [7, 11) is 0. The number of aliphatic carboxylic acids is 1. The molecule has 27 heavy (non-hydrogen) atoms. The molecule has 1 aliphatic rings. The van der Waals surface area contributed by atoms with E-state index in [-0.39, 0.29) is 28.4 Å². The van der Waals surface area contributed by atoms with Gasteiger partial charge in [0.05, 0.1) is 10.5 Å². The molecular weight excluding hydrogens is 375 g/mol. The third kappa shape index (κ3) is 3.98. The monoisotopic (exact) mass is 394 g/mol. The van der Waals surface area contributed by atoms with Crippen LogP contribution in [0.2, 0.25) is 5.02 Å². The van der Waals surface area contributed by atoms with Crippen LogP contribution >= 0.6 is 11.6 Å². The molecule has 1 fully saturated rings. The average Bonchev–Trinajstić information content (AvgIpc) is 3.45. The van der Waals surface area contributed by atoms with Gasteiger partial charge < -0.3 is 15.0 Å². The summed E-state index contributed by atoms with van der Waals surface area (Å²) >= 11 is 5.86. The minimum absolute atomic E-state index is 0.0527. The SMILES string of the molecule is CCCCC(NC(=O)c1cn(C2CC2)c2cc(Cl)c(F)cc2c1=O)C(=O)O. The van der Waals surface area contributed by atoms with Crippen LogP contribution in [0, 0.1) is 5.82 Å². The number of unbranched alkanes of at least 4 members (excludes halogenated alkanes) is 1. The number of carbonyl (C=O) groups is 2. The zero-order valence-corrected chi connectivity index (χ0v) is 15.6. The Morgan fingerprint density at radius 3 is 2.70 bits per heavy atom. The number of halogens is 2. The Kier molecular flexibility index (Phi) is 5.51. The number of fused-ring (bicyclic) bond motifs is 1. The van der Waals surface area contributed by atoms with Gasteiger partial charge in [-0.1, -0.05) is 31.4 Å². The number of amides is 1. The first kappa shape index (κ1) is 19.4. The van der Waals surface area contributed by atoms with Gasteiger partial charge in [0.15, 0.2) is 0 Å². The van der Waals surface area contributed by atoms with Crippen LogP contribution in [0.4, 0.5) is 4.39 Å². The summed E-state index contributed by atoms with van der Waals surface area (Å²) in [4.78, 5) is 36.8. The van der Waals surface area contributed by atoms with Gasteiger partial charge in [0.1, 0.15) is 17.4 Å². The van der Waals surface area contributed by atoms with Crippen LogP contribution < -0.4 is 10.7 Å². The van der Waals surface area contributed by atoms with E-state index in [4.69, 9.17) is 11.6 Å². The van der Waals surface area contributed by atoms with Crippen molar-refractivity contribution in [1.82, 2.24) is 9.88 Å². The van der Waals surface area contributed by atoms with Crippen molar-refractivity contribution in [1.29, 1.82) is 0 Å². The quantitative estimate of drug-likeness (QED) is 0.752. The molecule has 0 spiro atoms. The van der Waals surface area contributed by atoms with Gasteiger partial charge in [0.25, 0.3) is 5.91 Å². The Morgan fingerprint density at radius 1 is 1.41 bits per heavy atom. The molecule has 3 rings (SSSR count). The number of benzene rings is 1. The Hall–Kier alpha value is -2.41. The number of aromatic nitrogens is 1. The predicted octanol–water partition coefficient (Wildman–Crippen LogP) is 3.50. The van der Waals surface area contributed by atoms with E-state index in [1.807, 2.05) is 6.92 Å². The smallest absolute Gasteiger partial charge is 0.326 e. The van der Waals surface area contributed by atoms with Crippen LogP contribution in [-0.4, -0.2) is 27.6 Å². The molecule has 0 bridgehead atoms. The molecule has 1 aromatic carbocycles. The Morgan fingerprint density at radius 2 is 2.11 bits per heavy atom. The zero-order valence-electron chi connectivity index (χ0n) is 14.8. The lowest BCUT2D eigenvalue weighted by Crippen LogP contribution is -2.42. The molecule has 1 aromatic heterocycles. The van der Waals surface area contributed by atoms with Gasteiger partial charge in [0, 0.05) is 17.6 Å². The van der Waals surface area contributed by atoms with E-state index in [0.717, 1.165) is 25.3 Å². The minimum atomic E-state index is -1.15. The molecule has 0 saturated heterocycles. The average molecular weight is 395 g/mol. The molecule has 144 valence electrons. The fourth-order valence-corrected chi connectivity index (χ4v) is 3.22. The van der Waals surface area contributed by atoms with E-state index in [1.54, 1.807) is 4.57 Å². The maximum absolute atomic E-state index is 13.9. The molecule has 0 radical (unpaired) electrons. The number of carboxylic acid groups (broad SMARTS) is 1. The number of carboxylic acids is 1. The number of hydrogen-bond acceptors (Lipinski definition) is 3. The van der Waals surface area contributed by atoms with Gasteiger partial charge in [-0.05, 0) is 31.4 Å². The molecule has 2 aromatic rings. The molecular formula is C19H20ClFN2O4. The first-order valence-corrected chi connectivity index (χ1v) is 9.28. The number of pyridine rings is 1. The van der Waals surface area contributed by atoms with Gasteiger partial charge in [-0.15, -0.1) is 0 Å². The molecule has 8 heteroatoms. The minimum Gasteiger partial charge on any atom is -0.480 e. The van der Waals surface area contributed by atoms with Crippen molar-refractivity contribution in [2.24, 2.45) is 0 Å². The number of carbonyl (C=O) groups excluding carboxylic acids is 1. The molecule has 1 aliphatic carbocycles. The molecule has 1 saturated carbocycles. The second kappa shape index (κ2) is 7.68. The van der Waals surface area contributed by atoms with Crippen molar-refractivity contribution >= 4 is 34.4 Å². The molecule has 1 unspecified atom stereocenters. The summed E-state index contributed by atoms with van der Waals surface area (Å²) in [5, 5.41) is 11.7. The van der Waals surface area contributed by atoms with Crippen molar-refractivity contribution in [2.45, 2.75) is 51.1 Å². The van der Waals surface area contributed by atoms with Crippen LogP contribution in [0.15, 0.2) is 23.1 Å². The van der Waals surface area contributed by atoms with E-state index < -0.39 is 29.2 Å². The second-order valence-electron chi connectivity index (χ2n) is 6.80. The van der Waals surface area contributed by atoms with Crippen LogP contribution in [0.3, 0.4) is 0 Å². The highest BCUT2D eigenvalue weighted by atomic mass is 35.5. The highest BCUT2D eigenvalue weighted by molar-refractivity contribution is 6.31. The lowest BCUT2D eigenvalue weighted by atomic mass is 10.1. The fourth-order valence-electron chi connectivity index (χ4n) is 3.06. The lowest BCUT2D eigenvalue weighted by Gasteiger charge is -2.16. The molecule has 1 atom stereocenters. The van der Waals surface area contributed by atoms with Crippen LogP contribution in [-0.2, 0) is 4.79 Å². The van der Waals surface area contributed by atoms with Crippen molar-refractivity contribution in [3.63, 3.8) is 0 Å². The Balaban J connectivity index is 2.04.